The zero-order valence-electron chi connectivity index (χ0n) is 7.83. The minimum Gasteiger partial charge on any atom is -0.397 e. The van der Waals surface area contributed by atoms with Gasteiger partial charge in [0.25, 0.3) is 0 Å². The maximum atomic E-state index is 5.58. The van der Waals surface area contributed by atoms with Crippen LogP contribution < -0.4 is 11.1 Å². The molecule has 3 N–H and O–H groups in total. The van der Waals surface area contributed by atoms with Gasteiger partial charge in [0.15, 0.2) is 0 Å². The second kappa shape index (κ2) is 5.32. The molecule has 0 amide bonds. The first-order valence-corrected chi connectivity index (χ1v) is 4.34. The summed E-state index contributed by atoms with van der Waals surface area (Å²) >= 11 is 0. The molecule has 1 aromatic rings. The maximum absolute atomic E-state index is 5.58. The second-order valence-corrected chi connectivity index (χ2v) is 2.85. The topological polar surface area (TPSA) is 50.9 Å². The first-order valence-electron chi connectivity index (χ1n) is 4.34. The molecule has 13 heavy (non-hydrogen) atoms. The highest BCUT2D eigenvalue weighted by Crippen LogP contribution is 2.05. The van der Waals surface area contributed by atoms with Crippen molar-refractivity contribution in [1.29, 1.82) is 0 Å². The lowest BCUT2D eigenvalue weighted by Gasteiger charge is -1.95. The average molecular weight is 177 g/mol. The van der Waals surface area contributed by atoms with E-state index in [1.54, 1.807) is 12.4 Å². The lowest BCUT2D eigenvalue weighted by atomic mass is 10.2. The third kappa shape index (κ3) is 3.71. The molecule has 1 rings (SSSR count). The fourth-order valence-corrected chi connectivity index (χ4v) is 1.01. The number of rotatable bonds is 4. The molecule has 0 aliphatic heterocycles. The largest absolute Gasteiger partial charge is 0.397 e. The van der Waals surface area contributed by atoms with Crippen molar-refractivity contribution in [3.63, 3.8) is 0 Å². The quantitative estimate of drug-likeness (QED) is 0.681. The second-order valence-electron chi connectivity index (χ2n) is 2.85. The molecule has 0 radical (unpaired) electrons. The predicted molar refractivity (Wildman–Crippen MR) is 56.2 cm³/mol. The number of hydrogen-bond acceptors (Lipinski definition) is 3. The maximum Gasteiger partial charge on any atom is 0.0506 e. The summed E-state index contributed by atoms with van der Waals surface area (Å²) in [4.78, 5) is 3.99. The van der Waals surface area contributed by atoms with Gasteiger partial charge in [0.05, 0.1) is 5.69 Å². The Morgan fingerprint density at radius 3 is 3.08 bits per heavy atom. The van der Waals surface area contributed by atoms with Crippen LogP contribution in [0.15, 0.2) is 24.5 Å². The van der Waals surface area contributed by atoms with Crippen LogP contribution in [-0.4, -0.2) is 18.6 Å². The molecular weight excluding hydrogens is 162 g/mol. The van der Waals surface area contributed by atoms with Crippen molar-refractivity contribution in [2.75, 3.05) is 19.3 Å². The van der Waals surface area contributed by atoms with Crippen LogP contribution in [0.4, 0.5) is 5.69 Å². The summed E-state index contributed by atoms with van der Waals surface area (Å²) < 4.78 is 0. The number of nitrogen functional groups attached to an aromatic ring is 1. The van der Waals surface area contributed by atoms with E-state index in [4.69, 9.17) is 5.73 Å². The standard InChI is InChI=1S/C10H15N3/c1-12-5-3-2-4-9-6-10(11)8-13-7-9/h2,4,6-8,12H,3,5,11H2,1H3. The average Bonchev–Trinajstić information content (AvgIpc) is 2.13. The molecule has 1 heterocycles. The van der Waals surface area contributed by atoms with Gasteiger partial charge in [0.1, 0.15) is 0 Å². The van der Waals surface area contributed by atoms with E-state index < -0.39 is 0 Å². The summed E-state index contributed by atoms with van der Waals surface area (Å²) in [6.07, 6.45) is 8.59. The fraction of sp³-hybridized carbons (Fsp3) is 0.300. The number of nitrogens with zero attached hydrogens (tertiary/aromatic N) is 1. The highest BCUT2D eigenvalue weighted by atomic mass is 14.8. The van der Waals surface area contributed by atoms with Crippen molar-refractivity contribution in [2.45, 2.75) is 6.42 Å². The van der Waals surface area contributed by atoms with E-state index in [-0.39, 0.29) is 0 Å². The molecule has 3 heteroatoms. The molecule has 70 valence electrons. The Labute approximate surface area is 78.7 Å². The summed E-state index contributed by atoms with van der Waals surface area (Å²) in [7, 11) is 1.94. The molecule has 0 bridgehead atoms. The number of hydrogen-bond donors (Lipinski definition) is 2. The molecule has 0 aromatic carbocycles. The molecule has 0 atom stereocenters. The number of pyridine rings is 1. The molecule has 0 saturated carbocycles. The van der Waals surface area contributed by atoms with Crippen molar-refractivity contribution in [2.24, 2.45) is 0 Å². The van der Waals surface area contributed by atoms with Gasteiger partial charge in [-0.15, -0.1) is 0 Å². The Morgan fingerprint density at radius 2 is 2.38 bits per heavy atom. The van der Waals surface area contributed by atoms with Gasteiger partial charge in [-0.2, -0.15) is 0 Å². The molecule has 0 aliphatic carbocycles. The van der Waals surface area contributed by atoms with E-state index in [2.05, 4.69) is 16.4 Å². The van der Waals surface area contributed by atoms with Crippen LogP contribution in [0.2, 0.25) is 0 Å². The first kappa shape index (κ1) is 9.74. The van der Waals surface area contributed by atoms with E-state index >= 15 is 0 Å². The van der Waals surface area contributed by atoms with Crippen molar-refractivity contribution in [3.05, 3.63) is 30.1 Å². The molecule has 0 fully saturated rings. The van der Waals surface area contributed by atoms with Gasteiger partial charge < -0.3 is 11.1 Å². The van der Waals surface area contributed by atoms with Crippen LogP contribution in [0.25, 0.3) is 6.08 Å². The van der Waals surface area contributed by atoms with E-state index in [0.29, 0.717) is 5.69 Å². The number of nitrogens with one attached hydrogen (secondary N) is 1. The molecular formula is C10H15N3. The predicted octanol–water partition coefficient (Wildman–Crippen LogP) is 1.29. The van der Waals surface area contributed by atoms with Gasteiger partial charge in [-0.1, -0.05) is 12.2 Å². The Bertz CT molecular complexity index is 281. The molecule has 0 aliphatic rings. The minimum atomic E-state index is 0.704. The first-order chi connectivity index (χ1) is 6.33. The highest BCUT2D eigenvalue weighted by molar-refractivity contribution is 5.53. The van der Waals surface area contributed by atoms with Gasteiger partial charge in [-0.25, -0.2) is 0 Å². The molecule has 0 spiro atoms. The highest BCUT2D eigenvalue weighted by Gasteiger charge is 1.87. The number of nitrogens with two attached hydrogens (primary N) is 1. The Morgan fingerprint density at radius 1 is 1.54 bits per heavy atom. The molecule has 1 aromatic heterocycles. The Kier molecular flexibility index (Phi) is 3.99. The number of anilines is 1. The summed E-state index contributed by atoms with van der Waals surface area (Å²) in [5.74, 6) is 0. The summed E-state index contributed by atoms with van der Waals surface area (Å²) in [5, 5.41) is 3.07. The summed E-state index contributed by atoms with van der Waals surface area (Å²) in [6.45, 7) is 0.992. The van der Waals surface area contributed by atoms with Crippen LogP contribution in [0.1, 0.15) is 12.0 Å². The van der Waals surface area contributed by atoms with Crippen LogP contribution in [0.3, 0.4) is 0 Å². The molecule has 3 nitrogen and oxygen atoms in total. The lowest BCUT2D eigenvalue weighted by molar-refractivity contribution is 0.809. The SMILES string of the molecule is CNCCC=Cc1cncc(N)c1. The zero-order chi connectivity index (χ0) is 9.52. The molecule has 0 saturated heterocycles. The van der Waals surface area contributed by atoms with Crippen molar-refractivity contribution in [1.82, 2.24) is 10.3 Å². The van der Waals surface area contributed by atoms with E-state index in [9.17, 15) is 0 Å². The van der Waals surface area contributed by atoms with Gasteiger partial charge >= 0.3 is 0 Å². The van der Waals surface area contributed by atoms with Gasteiger partial charge in [-0.05, 0) is 31.6 Å². The van der Waals surface area contributed by atoms with Crippen molar-refractivity contribution >= 4 is 11.8 Å². The third-order valence-corrected chi connectivity index (χ3v) is 1.65. The minimum absolute atomic E-state index is 0.704. The third-order valence-electron chi connectivity index (χ3n) is 1.65. The van der Waals surface area contributed by atoms with E-state index in [1.807, 2.05) is 19.2 Å². The smallest absolute Gasteiger partial charge is 0.0506 e. The van der Waals surface area contributed by atoms with E-state index in [0.717, 1.165) is 18.5 Å². The lowest BCUT2D eigenvalue weighted by Crippen LogP contribution is -2.05. The van der Waals surface area contributed by atoms with Gasteiger partial charge in [0.2, 0.25) is 0 Å². The van der Waals surface area contributed by atoms with Gasteiger partial charge in [0, 0.05) is 12.4 Å². The van der Waals surface area contributed by atoms with Crippen molar-refractivity contribution in [3.8, 4) is 0 Å². The zero-order valence-corrected chi connectivity index (χ0v) is 7.83. The molecule has 0 unspecified atom stereocenters. The number of aromatic nitrogens is 1. The van der Waals surface area contributed by atoms with Crippen LogP contribution in [-0.2, 0) is 0 Å². The van der Waals surface area contributed by atoms with Gasteiger partial charge in [-0.3, -0.25) is 4.98 Å². The Balaban J connectivity index is 2.48. The Hall–Kier alpha value is -1.35. The van der Waals surface area contributed by atoms with Crippen molar-refractivity contribution < 1.29 is 0 Å². The van der Waals surface area contributed by atoms with E-state index in [1.165, 1.54) is 0 Å². The van der Waals surface area contributed by atoms with Crippen LogP contribution >= 0.6 is 0 Å². The normalized spacial score (nSPS) is 10.8. The fourth-order valence-electron chi connectivity index (χ4n) is 1.01. The van der Waals surface area contributed by atoms with Crippen LogP contribution in [0, 0.1) is 0 Å². The van der Waals surface area contributed by atoms with Crippen LogP contribution in [0.5, 0.6) is 0 Å². The monoisotopic (exact) mass is 177 g/mol. The summed E-state index contributed by atoms with van der Waals surface area (Å²) in [5.41, 5.74) is 7.34. The summed E-state index contributed by atoms with van der Waals surface area (Å²) in [6, 6.07) is 1.91.